The third-order valence-corrected chi connectivity index (χ3v) is 18.6. The summed E-state index contributed by atoms with van der Waals surface area (Å²) < 4.78 is 5.12. The van der Waals surface area contributed by atoms with E-state index in [0.717, 1.165) is 79.9 Å². The van der Waals surface area contributed by atoms with Crippen LogP contribution in [-0.2, 0) is 0 Å². The number of benzene rings is 6. The summed E-state index contributed by atoms with van der Waals surface area (Å²) in [4.78, 5) is 14.7. The van der Waals surface area contributed by atoms with Crippen LogP contribution in [-0.4, -0.2) is 14.9 Å². The largest absolute Gasteiger partial charge is 0.338 e. The van der Waals surface area contributed by atoms with Crippen molar-refractivity contribution in [2.75, 3.05) is 0 Å². The molecule has 0 unspecified atom stereocenters. The fourth-order valence-corrected chi connectivity index (χ4v) is 14.6. The molecule has 0 fully saturated rings. The van der Waals surface area contributed by atoms with Crippen LogP contribution in [0.2, 0.25) is 0 Å². The van der Waals surface area contributed by atoms with Gasteiger partial charge in [0, 0.05) is 77.8 Å². The third-order valence-electron chi connectivity index (χ3n) is 18.6. The van der Waals surface area contributed by atoms with Crippen LogP contribution in [0.3, 0.4) is 0 Å². The van der Waals surface area contributed by atoms with Crippen molar-refractivity contribution >= 4 is 113 Å². The van der Waals surface area contributed by atoms with Crippen LogP contribution >= 0.6 is 0 Å². The number of carbonyl (C=O) groups excluding carboxylic acids is 1. The molecule has 2 heterocycles. The van der Waals surface area contributed by atoms with E-state index in [1.165, 1.54) is 239 Å². The lowest BCUT2D eigenvalue weighted by Crippen LogP contribution is -2.36. The highest BCUT2D eigenvalue weighted by Gasteiger charge is 2.33. The molecule has 0 spiro atoms. The van der Waals surface area contributed by atoms with E-state index in [1.54, 1.807) is 0 Å². The monoisotopic (exact) mass is 1000 g/mol. The summed E-state index contributed by atoms with van der Waals surface area (Å²) in [5.41, 5.74) is 2.84. The molecule has 0 aliphatic heterocycles. The van der Waals surface area contributed by atoms with Crippen molar-refractivity contribution < 1.29 is 4.79 Å². The Morgan fingerprint density at radius 1 is 0.347 bits per heavy atom. The molecule has 0 bridgehead atoms. The predicted molar refractivity (Wildman–Crippen MR) is 334 cm³/mol. The summed E-state index contributed by atoms with van der Waals surface area (Å²) in [5.74, 6) is 0.186. The maximum Gasteiger partial charge on any atom is 0.168 e. The summed E-state index contributed by atoms with van der Waals surface area (Å²) in [6.07, 6.45) is 41.6. The number of aromatic nitrogens is 2. The number of hydrogen-bond donors (Lipinski definition) is 0. The normalized spacial score (nSPS) is 13.4. The van der Waals surface area contributed by atoms with Gasteiger partial charge in [0.25, 0.3) is 0 Å². The van der Waals surface area contributed by atoms with E-state index in [4.69, 9.17) is 26.3 Å². The number of rotatable bonds is 34. The van der Waals surface area contributed by atoms with Gasteiger partial charge in [-0.1, -0.05) is 265 Å². The zero-order valence-corrected chi connectivity index (χ0v) is 47.8. The summed E-state index contributed by atoms with van der Waals surface area (Å²) in [6, 6.07) is 15.1. The number of fused-ring (bicyclic) bond motifs is 4. The van der Waals surface area contributed by atoms with E-state index in [1.807, 2.05) is 0 Å². The highest BCUT2D eigenvalue weighted by Crippen LogP contribution is 2.53. The zero-order valence-electron chi connectivity index (χ0n) is 47.8. The standard InChI is InChI=1S/C72H96N2O/c1-10-14-18-22-26-30-34-38-54(39-35-31-27-23-19-15-11-2)73-50(6)56-42-44-58-59-45-43-57-51(7)74(55(40-36-32-28-24-20-16-12-3)41-37-33-29-25-21-17-13-4)53(9)61-48-63-68-64(75)46-49(5)65(68)62-47-60(52(73)8)66(56)69(58)71(62)72(63)70(59)67(57)61/h42-45,47-48,54-55H,5-41,46H2,1-4H3. The maximum absolute atomic E-state index is 14.7. The Labute approximate surface area is 451 Å². The molecule has 2 aromatic heterocycles. The average Bonchev–Trinajstić information content (AvgIpc) is 3.75. The first-order valence-corrected chi connectivity index (χ1v) is 31.3. The number of Topliss-reactive ketones (excluding diaryl/α,β-unsaturated/α-hetero) is 1. The zero-order chi connectivity index (χ0) is 52.6. The smallest absolute Gasteiger partial charge is 0.168 e. The molecule has 3 heteroatoms. The SMILES string of the molecule is C=C1CC(=O)c2c1c1cc3c(=C)n(C(CCCCCCCCC)CCCCCCCCC)c(=C)c4ccc5c6ccc7c(=C)n(C(CCCCCCCCC)CCCCCCCCC)c(=C)c8cc2c(c1c5c43)c6c78. The van der Waals surface area contributed by atoms with Crippen LogP contribution in [0.5, 0.6) is 0 Å². The Kier molecular flexibility index (Phi) is 18.7. The second kappa shape index (κ2) is 25.5. The first kappa shape index (κ1) is 54.9. The number of unbranched alkanes of at least 4 members (excludes halogenated alkanes) is 24. The van der Waals surface area contributed by atoms with Gasteiger partial charge in [0.2, 0.25) is 0 Å². The van der Waals surface area contributed by atoms with Crippen molar-refractivity contribution in [1.82, 2.24) is 9.13 Å². The Morgan fingerprint density at radius 2 is 0.627 bits per heavy atom. The molecule has 1 aliphatic rings. The third kappa shape index (κ3) is 10.9. The molecule has 0 saturated carbocycles. The molecule has 1 aliphatic carbocycles. The van der Waals surface area contributed by atoms with Gasteiger partial charge in [-0.15, -0.1) is 0 Å². The second-order valence-electron chi connectivity index (χ2n) is 23.9. The van der Waals surface area contributed by atoms with E-state index >= 15 is 0 Å². The summed E-state index contributed by atoms with van der Waals surface area (Å²) in [6.45, 7) is 33.9. The maximum atomic E-state index is 14.7. The first-order valence-electron chi connectivity index (χ1n) is 31.3. The van der Waals surface area contributed by atoms with Crippen molar-refractivity contribution in [2.45, 2.75) is 252 Å². The van der Waals surface area contributed by atoms with Gasteiger partial charge in [-0.2, -0.15) is 0 Å². The van der Waals surface area contributed by atoms with Crippen LogP contribution < -0.4 is 21.4 Å². The minimum Gasteiger partial charge on any atom is -0.338 e. The molecule has 400 valence electrons. The van der Waals surface area contributed by atoms with Gasteiger partial charge in [-0.05, 0) is 92.0 Å². The van der Waals surface area contributed by atoms with E-state index in [2.05, 4.69) is 79.8 Å². The number of hydrogen-bond acceptors (Lipinski definition) is 1. The second-order valence-corrected chi connectivity index (χ2v) is 23.9. The Balaban J connectivity index is 1.20. The minimum absolute atomic E-state index is 0.186. The minimum atomic E-state index is 0.186. The summed E-state index contributed by atoms with van der Waals surface area (Å²) >= 11 is 0. The lowest BCUT2D eigenvalue weighted by molar-refractivity contribution is 0.101. The molecule has 6 aromatic carbocycles. The Bertz CT molecular complexity index is 3190. The fraction of sp³-hybridized carbons (Fsp3) is 0.542. The summed E-state index contributed by atoms with van der Waals surface area (Å²) in [7, 11) is 0. The van der Waals surface area contributed by atoms with Crippen molar-refractivity contribution in [3.63, 3.8) is 0 Å². The Hall–Kier alpha value is -4.89. The van der Waals surface area contributed by atoms with Crippen molar-refractivity contribution in [3.05, 3.63) is 75.5 Å². The van der Waals surface area contributed by atoms with E-state index < -0.39 is 0 Å². The molecule has 0 N–H and O–H groups in total. The average molecular weight is 1010 g/mol. The van der Waals surface area contributed by atoms with Crippen LogP contribution in [0.25, 0.3) is 107 Å². The predicted octanol–water partition coefficient (Wildman–Crippen LogP) is 20.1. The van der Waals surface area contributed by atoms with E-state index in [9.17, 15) is 4.79 Å². The quantitative estimate of drug-likeness (QED) is 0.0224. The van der Waals surface area contributed by atoms with Gasteiger partial charge in [-0.3, -0.25) is 4.79 Å². The highest BCUT2D eigenvalue weighted by molar-refractivity contribution is 6.48. The fourth-order valence-electron chi connectivity index (χ4n) is 14.6. The number of nitrogens with zero attached hydrogens (tertiary/aromatic N) is 2. The molecule has 0 amide bonds. The van der Waals surface area contributed by atoms with Crippen LogP contribution in [0.1, 0.15) is 268 Å². The van der Waals surface area contributed by atoms with Crippen molar-refractivity contribution in [3.8, 4) is 0 Å². The molecule has 8 aromatic rings. The van der Waals surface area contributed by atoms with Gasteiger partial charge >= 0.3 is 0 Å². The van der Waals surface area contributed by atoms with Crippen LogP contribution in [0, 0.1) is 0 Å². The number of carbonyl (C=O) groups is 1. The molecule has 3 nitrogen and oxygen atoms in total. The highest BCUT2D eigenvalue weighted by atomic mass is 16.1. The molecule has 0 radical (unpaired) electrons. The van der Waals surface area contributed by atoms with Crippen LogP contribution in [0.4, 0.5) is 0 Å². The van der Waals surface area contributed by atoms with Crippen LogP contribution in [0.15, 0.2) is 43.0 Å². The number of allylic oxidation sites excluding steroid dienone is 1. The van der Waals surface area contributed by atoms with Crippen molar-refractivity contribution in [2.24, 2.45) is 0 Å². The molecule has 0 saturated heterocycles. The van der Waals surface area contributed by atoms with Gasteiger partial charge in [0.1, 0.15) is 0 Å². The van der Waals surface area contributed by atoms with Gasteiger partial charge in [-0.25, -0.2) is 0 Å². The van der Waals surface area contributed by atoms with Gasteiger partial charge < -0.3 is 9.13 Å². The topological polar surface area (TPSA) is 26.9 Å². The molecular formula is C72H96N2O. The molecule has 9 rings (SSSR count). The lowest BCUT2D eigenvalue weighted by atomic mass is 9.79. The van der Waals surface area contributed by atoms with E-state index in [0.29, 0.717) is 18.5 Å². The molecule has 75 heavy (non-hydrogen) atoms. The number of pyridine rings is 2. The molecular weight excluding hydrogens is 909 g/mol. The van der Waals surface area contributed by atoms with Gasteiger partial charge in [0.05, 0.1) is 0 Å². The van der Waals surface area contributed by atoms with E-state index in [-0.39, 0.29) is 5.78 Å². The summed E-state index contributed by atoms with van der Waals surface area (Å²) in [5, 5.41) is 21.4. The lowest BCUT2D eigenvalue weighted by Gasteiger charge is -2.28. The molecule has 0 atom stereocenters. The van der Waals surface area contributed by atoms with Crippen molar-refractivity contribution in [1.29, 1.82) is 0 Å². The first-order chi connectivity index (χ1) is 36.7. The van der Waals surface area contributed by atoms with Gasteiger partial charge in [0.15, 0.2) is 5.78 Å². The Morgan fingerprint density at radius 3 is 0.973 bits per heavy atom. The number of ketones is 1.